The molecule has 0 unspecified atom stereocenters. The molecule has 1 aliphatic rings. The highest BCUT2D eigenvalue weighted by Gasteiger charge is 2.20. The summed E-state index contributed by atoms with van der Waals surface area (Å²) in [6, 6.07) is 8.72. The zero-order valence-electron chi connectivity index (χ0n) is 12.5. The number of hydrogen-bond donors (Lipinski definition) is 2. The summed E-state index contributed by atoms with van der Waals surface area (Å²) in [6.45, 7) is 5.17. The van der Waals surface area contributed by atoms with E-state index in [1.165, 1.54) is 11.4 Å². The van der Waals surface area contributed by atoms with Gasteiger partial charge in [-0.15, -0.1) is 0 Å². The van der Waals surface area contributed by atoms with E-state index in [0.29, 0.717) is 19.1 Å². The minimum absolute atomic E-state index is 0.288. The lowest BCUT2D eigenvalue weighted by Gasteiger charge is -2.34. The fourth-order valence-corrected chi connectivity index (χ4v) is 2.79. The second kappa shape index (κ2) is 7.50. The first-order chi connectivity index (χ1) is 9.74. The van der Waals surface area contributed by atoms with Gasteiger partial charge < -0.3 is 20.1 Å². The van der Waals surface area contributed by atoms with Crippen LogP contribution in [0.25, 0.3) is 0 Å². The number of piperidine rings is 1. The van der Waals surface area contributed by atoms with Crippen LogP contribution in [0.4, 0.5) is 11.4 Å². The van der Waals surface area contributed by atoms with E-state index in [0.717, 1.165) is 25.9 Å². The van der Waals surface area contributed by atoms with Gasteiger partial charge in [-0.25, -0.2) is 0 Å². The fraction of sp³-hybridized carbons (Fsp3) is 0.625. The molecule has 0 aliphatic carbocycles. The average Bonchev–Trinajstić information content (AvgIpc) is 2.48. The molecule has 112 valence electrons. The number of anilines is 2. The van der Waals surface area contributed by atoms with Crippen LogP contribution in [-0.2, 0) is 4.74 Å². The third kappa shape index (κ3) is 3.87. The van der Waals surface area contributed by atoms with Crippen LogP contribution in [0.1, 0.15) is 19.8 Å². The Morgan fingerprint density at radius 2 is 2.05 bits per heavy atom. The monoisotopic (exact) mass is 278 g/mol. The van der Waals surface area contributed by atoms with Gasteiger partial charge in [-0.05, 0) is 37.8 Å². The van der Waals surface area contributed by atoms with Crippen molar-refractivity contribution in [2.45, 2.75) is 25.8 Å². The molecule has 1 heterocycles. The van der Waals surface area contributed by atoms with E-state index in [9.17, 15) is 5.11 Å². The predicted octanol–water partition coefficient (Wildman–Crippen LogP) is 2.34. The molecule has 0 bridgehead atoms. The average molecular weight is 278 g/mol. The Balaban J connectivity index is 2.04. The standard InChI is InChI=1S/C16H26N2O2/c1-13(12-20-2)17-15-5-3-4-6-16(15)18-9-7-14(11-19)8-10-18/h3-6,13-14,17,19H,7-12H2,1-2H3/t13-/m1/s1. The zero-order valence-corrected chi connectivity index (χ0v) is 12.5. The molecule has 1 fully saturated rings. The Labute approximate surface area is 121 Å². The summed E-state index contributed by atoms with van der Waals surface area (Å²) < 4.78 is 5.19. The van der Waals surface area contributed by atoms with Gasteiger partial charge >= 0.3 is 0 Å². The second-order valence-corrected chi connectivity index (χ2v) is 5.63. The van der Waals surface area contributed by atoms with E-state index in [2.05, 4.69) is 41.4 Å². The van der Waals surface area contributed by atoms with Crippen LogP contribution in [-0.4, -0.2) is 44.6 Å². The van der Waals surface area contributed by atoms with Crippen LogP contribution in [0.3, 0.4) is 0 Å². The van der Waals surface area contributed by atoms with E-state index in [1.54, 1.807) is 7.11 Å². The number of ether oxygens (including phenoxy) is 1. The highest BCUT2D eigenvalue weighted by atomic mass is 16.5. The highest BCUT2D eigenvalue weighted by molar-refractivity contribution is 5.70. The van der Waals surface area contributed by atoms with Crippen LogP contribution in [0.15, 0.2) is 24.3 Å². The van der Waals surface area contributed by atoms with Crippen molar-refractivity contribution < 1.29 is 9.84 Å². The van der Waals surface area contributed by atoms with Crippen LogP contribution in [0.5, 0.6) is 0 Å². The lowest BCUT2D eigenvalue weighted by molar-refractivity contribution is 0.190. The number of aliphatic hydroxyl groups is 1. The molecule has 2 rings (SSSR count). The molecule has 0 radical (unpaired) electrons. The van der Waals surface area contributed by atoms with E-state index < -0.39 is 0 Å². The summed E-state index contributed by atoms with van der Waals surface area (Å²) >= 11 is 0. The molecule has 4 heteroatoms. The molecule has 1 aromatic rings. The first-order valence-electron chi connectivity index (χ1n) is 7.45. The molecular formula is C16H26N2O2. The maximum absolute atomic E-state index is 9.24. The number of rotatable bonds is 6. The Morgan fingerprint density at radius 1 is 1.35 bits per heavy atom. The van der Waals surface area contributed by atoms with Gasteiger partial charge in [-0.3, -0.25) is 0 Å². The van der Waals surface area contributed by atoms with Crippen molar-refractivity contribution in [3.8, 4) is 0 Å². The molecular weight excluding hydrogens is 252 g/mol. The van der Waals surface area contributed by atoms with Crippen molar-refractivity contribution in [2.24, 2.45) is 5.92 Å². The maximum atomic E-state index is 9.24. The maximum Gasteiger partial charge on any atom is 0.0661 e. The predicted molar refractivity (Wildman–Crippen MR) is 83.4 cm³/mol. The minimum Gasteiger partial charge on any atom is -0.396 e. The minimum atomic E-state index is 0.288. The van der Waals surface area contributed by atoms with Crippen molar-refractivity contribution in [3.05, 3.63) is 24.3 Å². The molecule has 0 aromatic heterocycles. The number of benzene rings is 1. The number of aliphatic hydroxyl groups excluding tert-OH is 1. The number of methoxy groups -OCH3 is 1. The smallest absolute Gasteiger partial charge is 0.0661 e. The SMILES string of the molecule is COC[C@@H](C)Nc1ccccc1N1CCC(CO)CC1. The lowest BCUT2D eigenvalue weighted by atomic mass is 9.97. The zero-order chi connectivity index (χ0) is 14.4. The van der Waals surface area contributed by atoms with Gasteiger partial charge in [0.25, 0.3) is 0 Å². The lowest BCUT2D eigenvalue weighted by Crippen LogP contribution is -2.35. The first-order valence-corrected chi connectivity index (χ1v) is 7.45. The fourth-order valence-electron chi connectivity index (χ4n) is 2.79. The quantitative estimate of drug-likeness (QED) is 0.838. The normalized spacial score (nSPS) is 18.1. The molecule has 2 N–H and O–H groups in total. The van der Waals surface area contributed by atoms with E-state index in [1.807, 2.05) is 0 Å². The summed E-state index contributed by atoms with van der Waals surface area (Å²) in [6.07, 6.45) is 2.14. The molecule has 0 amide bonds. The molecule has 0 spiro atoms. The van der Waals surface area contributed by atoms with Gasteiger partial charge in [-0.1, -0.05) is 12.1 Å². The second-order valence-electron chi connectivity index (χ2n) is 5.63. The Bertz CT molecular complexity index is 403. The van der Waals surface area contributed by atoms with Crippen molar-refractivity contribution in [3.63, 3.8) is 0 Å². The van der Waals surface area contributed by atoms with E-state index in [-0.39, 0.29) is 6.04 Å². The van der Waals surface area contributed by atoms with Crippen molar-refractivity contribution in [2.75, 3.05) is 43.6 Å². The number of nitrogens with zero attached hydrogens (tertiary/aromatic N) is 1. The molecule has 1 aliphatic heterocycles. The van der Waals surface area contributed by atoms with Crippen LogP contribution < -0.4 is 10.2 Å². The van der Waals surface area contributed by atoms with Crippen molar-refractivity contribution in [1.82, 2.24) is 0 Å². The molecule has 1 atom stereocenters. The van der Waals surface area contributed by atoms with Gasteiger partial charge in [-0.2, -0.15) is 0 Å². The summed E-state index contributed by atoms with van der Waals surface area (Å²) in [5, 5.41) is 12.8. The van der Waals surface area contributed by atoms with Gasteiger partial charge in [0.05, 0.1) is 18.0 Å². The topological polar surface area (TPSA) is 44.7 Å². The largest absolute Gasteiger partial charge is 0.396 e. The van der Waals surface area contributed by atoms with Gasteiger partial charge in [0.15, 0.2) is 0 Å². The van der Waals surface area contributed by atoms with Gasteiger partial charge in [0, 0.05) is 32.8 Å². The van der Waals surface area contributed by atoms with E-state index in [4.69, 9.17) is 4.74 Å². The molecule has 1 saturated heterocycles. The van der Waals surface area contributed by atoms with Crippen LogP contribution in [0.2, 0.25) is 0 Å². The molecule has 4 nitrogen and oxygen atoms in total. The third-order valence-corrected chi connectivity index (χ3v) is 3.94. The Morgan fingerprint density at radius 3 is 2.70 bits per heavy atom. The summed E-state index contributed by atoms with van der Waals surface area (Å²) in [4.78, 5) is 2.41. The van der Waals surface area contributed by atoms with Gasteiger partial charge in [0.1, 0.15) is 0 Å². The first kappa shape index (κ1) is 15.1. The van der Waals surface area contributed by atoms with Crippen LogP contribution >= 0.6 is 0 Å². The summed E-state index contributed by atoms with van der Waals surface area (Å²) in [7, 11) is 1.73. The molecule has 20 heavy (non-hydrogen) atoms. The van der Waals surface area contributed by atoms with Crippen molar-refractivity contribution >= 4 is 11.4 Å². The summed E-state index contributed by atoms with van der Waals surface area (Å²) in [5.74, 6) is 0.471. The Kier molecular flexibility index (Phi) is 5.68. The Hall–Kier alpha value is -1.26. The number of nitrogens with one attached hydrogen (secondary N) is 1. The number of para-hydroxylation sites is 2. The van der Waals surface area contributed by atoms with E-state index >= 15 is 0 Å². The number of hydrogen-bond acceptors (Lipinski definition) is 4. The third-order valence-electron chi connectivity index (χ3n) is 3.94. The highest BCUT2D eigenvalue weighted by Crippen LogP contribution is 2.30. The molecule has 1 aromatic carbocycles. The van der Waals surface area contributed by atoms with Gasteiger partial charge in [0.2, 0.25) is 0 Å². The van der Waals surface area contributed by atoms with Crippen molar-refractivity contribution in [1.29, 1.82) is 0 Å². The molecule has 0 saturated carbocycles. The summed E-state index contributed by atoms with van der Waals surface area (Å²) in [5.41, 5.74) is 2.42. The van der Waals surface area contributed by atoms with Crippen LogP contribution in [0, 0.1) is 5.92 Å².